The van der Waals surface area contributed by atoms with Gasteiger partial charge < -0.3 is 9.80 Å². The second kappa shape index (κ2) is 7.31. The smallest absolute Gasteiger partial charge is 0.253 e. The number of aryl methyl sites for hydroxylation is 2. The summed E-state index contributed by atoms with van der Waals surface area (Å²) in [5.41, 5.74) is 4.25. The summed E-state index contributed by atoms with van der Waals surface area (Å²) < 4.78 is 0.983. The topological polar surface area (TPSA) is 36.4 Å². The van der Waals surface area contributed by atoms with Crippen LogP contribution in [0.4, 0.5) is 5.82 Å². The lowest BCUT2D eigenvalue weighted by molar-refractivity contribution is 0.0746. The molecule has 0 unspecified atom stereocenters. The van der Waals surface area contributed by atoms with E-state index in [-0.39, 0.29) is 5.91 Å². The maximum Gasteiger partial charge on any atom is 0.253 e. The Labute approximate surface area is 167 Å². The third kappa shape index (κ3) is 3.56. The summed E-state index contributed by atoms with van der Waals surface area (Å²) in [7, 11) is 0. The van der Waals surface area contributed by atoms with Gasteiger partial charge in [-0.05, 0) is 55.3 Å². The predicted octanol–water partition coefficient (Wildman–Crippen LogP) is 4.58. The van der Waals surface area contributed by atoms with Crippen LogP contribution in [-0.4, -0.2) is 42.0 Å². The number of hydrogen-bond donors (Lipinski definition) is 0. The molecule has 0 saturated carbocycles. The number of piperazine rings is 1. The molecule has 2 heterocycles. The van der Waals surface area contributed by atoms with Crippen molar-refractivity contribution in [3.05, 3.63) is 69.7 Å². The number of carbonyl (C=O) groups excluding carboxylic acids is 1. The van der Waals surface area contributed by atoms with Gasteiger partial charge in [0, 0.05) is 41.6 Å². The number of rotatable bonds is 2. The molecule has 1 aliphatic heterocycles. The van der Waals surface area contributed by atoms with Gasteiger partial charge in [-0.1, -0.05) is 34.1 Å². The highest BCUT2D eigenvalue weighted by Crippen LogP contribution is 2.25. The highest BCUT2D eigenvalue weighted by Gasteiger charge is 2.23. The van der Waals surface area contributed by atoms with Gasteiger partial charge in [0.2, 0.25) is 0 Å². The van der Waals surface area contributed by atoms with Crippen molar-refractivity contribution >= 4 is 38.6 Å². The van der Waals surface area contributed by atoms with Gasteiger partial charge in [0.05, 0.1) is 5.52 Å². The number of benzene rings is 2. The van der Waals surface area contributed by atoms with E-state index >= 15 is 0 Å². The fraction of sp³-hybridized carbons (Fsp3) is 0.273. The average molecular weight is 424 g/mol. The number of aromatic nitrogens is 1. The predicted molar refractivity (Wildman–Crippen MR) is 113 cm³/mol. The molecule has 138 valence electrons. The third-order valence-corrected chi connectivity index (χ3v) is 5.75. The first-order valence-electron chi connectivity index (χ1n) is 9.20. The molecule has 1 fully saturated rings. The van der Waals surface area contributed by atoms with Crippen LogP contribution in [0.3, 0.4) is 0 Å². The van der Waals surface area contributed by atoms with Crippen molar-refractivity contribution in [3.8, 4) is 0 Å². The summed E-state index contributed by atoms with van der Waals surface area (Å²) in [4.78, 5) is 21.8. The van der Waals surface area contributed by atoms with E-state index in [0.717, 1.165) is 34.5 Å². The Morgan fingerprint density at radius 1 is 0.963 bits per heavy atom. The molecule has 27 heavy (non-hydrogen) atoms. The summed E-state index contributed by atoms with van der Waals surface area (Å²) in [6.45, 7) is 7.26. The van der Waals surface area contributed by atoms with Crippen molar-refractivity contribution in [1.82, 2.24) is 9.88 Å². The van der Waals surface area contributed by atoms with Crippen LogP contribution in [0.15, 0.2) is 53.0 Å². The number of pyridine rings is 1. The molecule has 1 saturated heterocycles. The lowest BCUT2D eigenvalue weighted by Crippen LogP contribution is -2.49. The van der Waals surface area contributed by atoms with E-state index in [0.29, 0.717) is 13.1 Å². The molecule has 0 atom stereocenters. The van der Waals surface area contributed by atoms with Gasteiger partial charge in [0.15, 0.2) is 0 Å². The highest BCUT2D eigenvalue weighted by atomic mass is 79.9. The minimum atomic E-state index is 0.0978. The Morgan fingerprint density at radius 2 is 1.67 bits per heavy atom. The average Bonchev–Trinajstić information content (AvgIpc) is 2.69. The minimum Gasteiger partial charge on any atom is -0.353 e. The standard InChI is InChI=1S/C22H22BrN3O/c1-15-4-3-5-19-16(2)14-20(24-21(15)19)25-10-12-26(13-11-25)22(27)17-6-8-18(23)9-7-17/h3-9,14H,10-13H2,1-2H3. The summed E-state index contributed by atoms with van der Waals surface area (Å²) in [5.74, 6) is 1.10. The van der Waals surface area contributed by atoms with E-state index in [4.69, 9.17) is 4.98 Å². The number of fused-ring (bicyclic) bond motifs is 1. The monoisotopic (exact) mass is 423 g/mol. The van der Waals surface area contributed by atoms with Gasteiger partial charge in [-0.3, -0.25) is 4.79 Å². The Morgan fingerprint density at radius 3 is 2.37 bits per heavy atom. The van der Waals surface area contributed by atoms with E-state index in [2.05, 4.69) is 58.9 Å². The zero-order valence-electron chi connectivity index (χ0n) is 15.6. The van der Waals surface area contributed by atoms with Crippen LogP contribution in [0.25, 0.3) is 10.9 Å². The van der Waals surface area contributed by atoms with Crippen LogP contribution < -0.4 is 4.90 Å². The van der Waals surface area contributed by atoms with E-state index in [9.17, 15) is 4.79 Å². The molecular formula is C22H22BrN3O. The Balaban J connectivity index is 1.51. The number of hydrogen-bond acceptors (Lipinski definition) is 3. The lowest BCUT2D eigenvalue weighted by atomic mass is 10.1. The Kier molecular flexibility index (Phi) is 4.87. The number of nitrogens with zero attached hydrogens (tertiary/aromatic N) is 3. The second-order valence-corrected chi connectivity index (χ2v) is 7.97. The molecular weight excluding hydrogens is 402 g/mol. The number of halogens is 1. The molecule has 1 amide bonds. The van der Waals surface area contributed by atoms with Crippen molar-refractivity contribution in [3.63, 3.8) is 0 Å². The van der Waals surface area contributed by atoms with Crippen LogP contribution in [0.1, 0.15) is 21.5 Å². The van der Waals surface area contributed by atoms with E-state index in [1.807, 2.05) is 29.2 Å². The number of amides is 1. The van der Waals surface area contributed by atoms with Crippen molar-refractivity contribution in [2.24, 2.45) is 0 Å². The van der Waals surface area contributed by atoms with Crippen molar-refractivity contribution < 1.29 is 4.79 Å². The minimum absolute atomic E-state index is 0.0978. The second-order valence-electron chi connectivity index (χ2n) is 7.05. The van der Waals surface area contributed by atoms with Crippen LogP contribution in [0, 0.1) is 13.8 Å². The maximum absolute atomic E-state index is 12.7. The molecule has 0 aliphatic carbocycles. The molecule has 4 rings (SSSR count). The Hall–Kier alpha value is -2.40. The van der Waals surface area contributed by atoms with Crippen LogP contribution in [0.2, 0.25) is 0 Å². The van der Waals surface area contributed by atoms with E-state index < -0.39 is 0 Å². The van der Waals surface area contributed by atoms with E-state index in [1.165, 1.54) is 16.5 Å². The molecule has 0 bridgehead atoms. The highest BCUT2D eigenvalue weighted by molar-refractivity contribution is 9.10. The van der Waals surface area contributed by atoms with Gasteiger partial charge >= 0.3 is 0 Å². The zero-order valence-corrected chi connectivity index (χ0v) is 17.2. The summed E-state index contributed by atoms with van der Waals surface area (Å²) in [5, 5.41) is 1.21. The van der Waals surface area contributed by atoms with Crippen LogP contribution >= 0.6 is 15.9 Å². The van der Waals surface area contributed by atoms with E-state index in [1.54, 1.807) is 0 Å². The molecule has 2 aromatic carbocycles. The van der Waals surface area contributed by atoms with Crippen LogP contribution in [0.5, 0.6) is 0 Å². The Bertz CT molecular complexity index is 992. The first-order chi connectivity index (χ1) is 13.0. The van der Waals surface area contributed by atoms with Crippen molar-refractivity contribution in [2.75, 3.05) is 31.1 Å². The SMILES string of the molecule is Cc1cc(N2CCN(C(=O)c3ccc(Br)cc3)CC2)nc2c(C)cccc12. The lowest BCUT2D eigenvalue weighted by Gasteiger charge is -2.35. The first-order valence-corrected chi connectivity index (χ1v) is 9.99. The summed E-state index contributed by atoms with van der Waals surface area (Å²) in [6.07, 6.45) is 0. The third-order valence-electron chi connectivity index (χ3n) is 5.22. The summed E-state index contributed by atoms with van der Waals surface area (Å²) >= 11 is 3.41. The van der Waals surface area contributed by atoms with Gasteiger partial charge in [0.1, 0.15) is 5.82 Å². The fourth-order valence-corrected chi connectivity index (χ4v) is 3.88. The number of para-hydroxylation sites is 1. The number of carbonyl (C=O) groups is 1. The molecule has 3 aromatic rings. The van der Waals surface area contributed by atoms with Gasteiger partial charge in [-0.2, -0.15) is 0 Å². The molecule has 1 aromatic heterocycles. The molecule has 0 radical (unpaired) electrons. The normalized spacial score (nSPS) is 14.6. The molecule has 4 nitrogen and oxygen atoms in total. The van der Waals surface area contributed by atoms with Gasteiger partial charge in [-0.25, -0.2) is 4.98 Å². The van der Waals surface area contributed by atoms with Gasteiger partial charge in [0.25, 0.3) is 5.91 Å². The molecule has 0 N–H and O–H groups in total. The summed E-state index contributed by atoms with van der Waals surface area (Å²) in [6, 6.07) is 16.0. The zero-order chi connectivity index (χ0) is 19.0. The largest absolute Gasteiger partial charge is 0.353 e. The van der Waals surface area contributed by atoms with Crippen molar-refractivity contribution in [1.29, 1.82) is 0 Å². The first kappa shape index (κ1) is 18.0. The quantitative estimate of drug-likeness (QED) is 0.605. The van der Waals surface area contributed by atoms with Crippen LogP contribution in [-0.2, 0) is 0 Å². The van der Waals surface area contributed by atoms with Crippen molar-refractivity contribution in [2.45, 2.75) is 13.8 Å². The molecule has 1 aliphatic rings. The fourth-order valence-electron chi connectivity index (χ4n) is 3.62. The molecule has 5 heteroatoms. The molecule has 0 spiro atoms. The maximum atomic E-state index is 12.7. The van der Waals surface area contributed by atoms with Gasteiger partial charge in [-0.15, -0.1) is 0 Å². The number of anilines is 1.